The Labute approximate surface area is 158 Å². The van der Waals surface area contributed by atoms with Gasteiger partial charge in [-0.05, 0) is 66.4 Å². The smallest absolute Gasteiger partial charge is 0.255 e. The highest BCUT2D eigenvalue weighted by atomic mass is 16.2. The molecule has 0 aromatic heterocycles. The third kappa shape index (κ3) is 3.56. The summed E-state index contributed by atoms with van der Waals surface area (Å²) in [5.74, 6) is 0.0410. The van der Waals surface area contributed by atoms with Gasteiger partial charge in [-0.3, -0.25) is 9.59 Å². The van der Waals surface area contributed by atoms with E-state index in [0.29, 0.717) is 12.0 Å². The predicted molar refractivity (Wildman–Crippen MR) is 109 cm³/mol. The SMILES string of the molecule is Cc1cc(NC(=O)c2ccc3ccccc3c2)ccc1N1CCCCC1=O. The van der Waals surface area contributed by atoms with Gasteiger partial charge in [-0.25, -0.2) is 0 Å². The van der Waals surface area contributed by atoms with Gasteiger partial charge in [0.15, 0.2) is 0 Å². The van der Waals surface area contributed by atoms with Gasteiger partial charge in [-0.2, -0.15) is 0 Å². The van der Waals surface area contributed by atoms with Crippen molar-refractivity contribution < 1.29 is 9.59 Å². The van der Waals surface area contributed by atoms with Crippen LogP contribution in [0.15, 0.2) is 60.7 Å². The third-order valence-corrected chi connectivity index (χ3v) is 5.08. The van der Waals surface area contributed by atoms with Crippen LogP contribution in [0.25, 0.3) is 10.8 Å². The topological polar surface area (TPSA) is 49.4 Å². The fourth-order valence-corrected chi connectivity index (χ4v) is 3.63. The van der Waals surface area contributed by atoms with E-state index in [1.54, 1.807) is 0 Å². The Kier molecular flexibility index (Phi) is 4.63. The molecule has 0 unspecified atom stereocenters. The second kappa shape index (κ2) is 7.23. The Morgan fingerprint density at radius 1 is 0.963 bits per heavy atom. The molecule has 1 fully saturated rings. The second-order valence-electron chi connectivity index (χ2n) is 7.02. The number of hydrogen-bond acceptors (Lipinski definition) is 2. The minimum absolute atomic E-state index is 0.137. The standard InChI is InChI=1S/C23H22N2O2/c1-16-14-20(11-12-21(16)25-13-5-4-8-22(25)26)24-23(27)19-10-9-17-6-2-3-7-18(17)15-19/h2-3,6-7,9-12,14-15H,4-5,8,13H2,1H3,(H,24,27). The maximum absolute atomic E-state index is 12.6. The zero-order chi connectivity index (χ0) is 18.8. The first-order valence-electron chi connectivity index (χ1n) is 9.33. The summed E-state index contributed by atoms with van der Waals surface area (Å²) in [6, 6.07) is 19.4. The van der Waals surface area contributed by atoms with Gasteiger partial charge < -0.3 is 10.2 Å². The molecule has 0 saturated carbocycles. The summed E-state index contributed by atoms with van der Waals surface area (Å²) < 4.78 is 0. The summed E-state index contributed by atoms with van der Waals surface area (Å²) in [7, 11) is 0. The van der Waals surface area contributed by atoms with E-state index in [1.807, 2.05) is 72.5 Å². The summed E-state index contributed by atoms with van der Waals surface area (Å²) in [5, 5.41) is 5.12. The minimum Gasteiger partial charge on any atom is -0.322 e. The van der Waals surface area contributed by atoms with E-state index in [1.165, 1.54) is 0 Å². The van der Waals surface area contributed by atoms with Crippen LogP contribution in [0.3, 0.4) is 0 Å². The number of nitrogens with one attached hydrogen (secondary N) is 1. The number of piperidine rings is 1. The molecule has 0 aliphatic carbocycles. The lowest BCUT2D eigenvalue weighted by Gasteiger charge is -2.28. The molecular formula is C23H22N2O2. The van der Waals surface area contributed by atoms with Crippen LogP contribution in [0.5, 0.6) is 0 Å². The summed E-state index contributed by atoms with van der Waals surface area (Å²) in [4.78, 5) is 26.6. The van der Waals surface area contributed by atoms with Gasteiger partial charge in [0.05, 0.1) is 0 Å². The Hall–Kier alpha value is -3.14. The van der Waals surface area contributed by atoms with Gasteiger partial charge in [0.25, 0.3) is 5.91 Å². The number of benzene rings is 3. The first-order chi connectivity index (χ1) is 13.1. The quantitative estimate of drug-likeness (QED) is 0.723. The number of rotatable bonds is 3. The van der Waals surface area contributed by atoms with E-state index < -0.39 is 0 Å². The number of hydrogen-bond donors (Lipinski definition) is 1. The van der Waals surface area contributed by atoms with E-state index >= 15 is 0 Å². The Morgan fingerprint density at radius 3 is 2.56 bits per heavy atom. The monoisotopic (exact) mass is 358 g/mol. The first-order valence-corrected chi connectivity index (χ1v) is 9.33. The van der Waals surface area contributed by atoms with Crippen molar-refractivity contribution in [2.45, 2.75) is 26.2 Å². The lowest BCUT2D eigenvalue weighted by atomic mass is 10.1. The minimum atomic E-state index is -0.137. The summed E-state index contributed by atoms with van der Waals surface area (Å²) >= 11 is 0. The van der Waals surface area contributed by atoms with E-state index in [2.05, 4.69) is 5.32 Å². The fraction of sp³-hybridized carbons (Fsp3) is 0.217. The number of carbonyl (C=O) groups excluding carboxylic acids is 2. The molecule has 1 heterocycles. The van der Waals surface area contributed by atoms with Crippen molar-refractivity contribution in [1.29, 1.82) is 0 Å². The molecule has 1 aliphatic heterocycles. The van der Waals surface area contributed by atoms with Crippen molar-refractivity contribution in [1.82, 2.24) is 0 Å². The molecule has 0 atom stereocenters. The zero-order valence-corrected chi connectivity index (χ0v) is 15.4. The average Bonchev–Trinajstić information content (AvgIpc) is 2.68. The maximum atomic E-state index is 12.6. The molecule has 0 radical (unpaired) electrons. The van der Waals surface area contributed by atoms with Gasteiger partial charge in [-0.15, -0.1) is 0 Å². The van der Waals surface area contributed by atoms with Crippen molar-refractivity contribution in [3.05, 3.63) is 71.8 Å². The molecule has 2 amide bonds. The van der Waals surface area contributed by atoms with Crippen LogP contribution in [0.1, 0.15) is 35.2 Å². The van der Waals surface area contributed by atoms with Gasteiger partial charge in [0.2, 0.25) is 5.91 Å². The summed E-state index contributed by atoms with van der Waals surface area (Å²) in [5.41, 5.74) is 3.28. The van der Waals surface area contributed by atoms with Gasteiger partial charge in [0.1, 0.15) is 0 Å². The largest absolute Gasteiger partial charge is 0.322 e. The van der Waals surface area contributed by atoms with E-state index in [0.717, 1.165) is 47.1 Å². The van der Waals surface area contributed by atoms with Crippen molar-refractivity contribution >= 4 is 34.0 Å². The fourth-order valence-electron chi connectivity index (χ4n) is 3.63. The molecule has 1 aliphatic rings. The highest BCUT2D eigenvalue weighted by Crippen LogP contribution is 2.27. The molecule has 4 heteroatoms. The highest BCUT2D eigenvalue weighted by molar-refractivity contribution is 6.06. The van der Waals surface area contributed by atoms with Gasteiger partial charge >= 0.3 is 0 Å². The van der Waals surface area contributed by atoms with E-state index in [-0.39, 0.29) is 11.8 Å². The number of fused-ring (bicyclic) bond motifs is 1. The molecule has 3 aromatic carbocycles. The molecule has 136 valence electrons. The number of anilines is 2. The van der Waals surface area contributed by atoms with Crippen LogP contribution >= 0.6 is 0 Å². The molecule has 0 spiro atoms. The molecule has 4 rings (SSSR count). The maximum Gasteiger partial charge on any atom is 0.255 e. The molecule has 0 bridgehead atoms. The van der Waals surface area contributed by atoms with Crippen molar-refractivity contribution in [2.24, 2.45) is 0 Å². The number of carbonyl (C=O) groups is 2. The number of aryl methyl sites for hydroxylation is 1. The molecule has 4 nitrogen and oxygen atoms in total. The second-order valence-corrected chi connectivity index (χ2v) is 7.02. The van der Waals surface area contributed by atoms with Gasteiger partial charge in [-0.1, -0.05) is 30.3 Å². The average molecular weight is 358 g/mol. The van der Waals surface area contributed by atoms with Crippen LogP contribution in [0.2, 0.25) is 0 Å². The number of nitrogens with zero attached hydrogens (tertiary/aromatic N) is 1. The van der Waals surface area contributed by atoms with E-state index in [4.69, 9.17) is 0 Å². The van der Waals surface area contributed by atoms with Crippen molar-refractivity contribution in [3.63, 3.8) is 0 Å². The Balaban J connectivity index is 1.54. The van der Waals surface area contributed by atoms with Crippen LogP contribution in [0.4, 0.5) is 11.4 Å². The normalized spacial score (nSPS) is 14.4. The summed E-state index contributed by atoms with van der Waals surface area (Å²) in [6.45, 7) is 2.74. The van der Waals surface area contributed by atoms with Crippen molar-refractivity contribution in [3.8, 4) is 0 Å². The number of amides is 2. The van der Waals surface area contributed by atoms with Crippen LogP contribution < -0.4 is 10.2 Å². The highest BCUT2D eigenvalue weighted by Gasteiger charge is 2.21. The molecular weight excluding hydrogens is 336 g/mol. The Bertz CT molecular complexity index is 1030. The molecule has 3 aromatic rings. The lowest BCUT2D eigenvalue weighted by molar-refractivity contribution is -0.119. The molecule has 1 saturated heterocycles. The Morgan fingerprint density at radius 2 is 1.78 bits per heavy atom. The van der Waals surface area contributed by atoms with E-state index in [9.17, 15) is 9.59 Å². The zero-order valence-electron chi connectivity index (χ0n) is 15.4. The predicted octanol–water partition coefficient (Wildman–Crippen LogP) is 4.92. The van der Waals surface area contributed by atoms with Crippen LogP contribution in [0, 0.1) is 6.92 Å². The first kappa shape index (κ1) is 17.3. The van der Waals surface area contributed by atoms with Crippen LogP contribution in [-0.4, -0.2) is 18.4 Å². The lowest BCUT2D eigenvalue weighted by Crippen LogP contribution is -2.35. The van der Waals surface area contributed by atoms with Crippen LogP contribution in [-0.2, 0) is 4.79 Å². The molecule has 27 heavy (non-hydrogen) atoms. The van der Waals surface area contributed by atoms with Gasteiger partial charge in [0, 0.05) is 29.9 Å². The third-order valence-electron chi connectivity index (χ3n) is 5.08. The van der Waals surface area contributed by atoms with Crippen molar-refractivity contribution in [2.75, 3.05) is 16.8 Å². The molecule has 1 N–H and O–H groups in total. The summed E-state index contributed by atoms with van der Waals surface area (Å²) in [6.07, 6.45) is 2.61.